The van der Waals surface area contributed by atoms with E-state index in [0.717, 1.165) is 22.2 Å². The third-order valence-electron chi connectivity index (χ3n) is 5.85. The Labute approximate surface area is 218 Å². The molecular formula is C28H22ClN3O3S. The molecule has 1 amide bonds. The zero-order valence-electron chi connectivity index (χ0n) is 19.8. The summed E-state index contributed by atoms with van der Waals surface area (Å²) < 4.78 is 11.7. The lowest BCUT2D eigenvalue weighted by atomic mass is 10.1. The van der Waals surface area contributed by atoms with Gasteiger partial charge in [-0.05, 0) is 98.2 Å². The highest BCUT2D eigenvalue weighted by Crippen LogP contribution is 2.32. The predicted octanol–water partition coefficient (Wildman–Crippen LogP) is 7.46. The summed E-state index contributed by atoms with van der Waals surface area (Å²) in [5.41, 5.74) is 6.98. The van der Waals surface area contributed by atoms with Crippen molar-refractivity contribution >= 4 is 51.6 Å². The topological polar surface area (TPSA) is 80.3 Å². The van der Waals surface area contributed by atoms with Crippen molar-refractivity contribution < 1.29 is 13.6 Å². The van der Waals surface area contributed by atoms with E-state index in [-0.39, 0.29) is 10.9 Å². The molecular weight excluding hydrogens is 494 g/mol. The summed E-state index contributed by atoms with van der Waals surface area (Å²) in [6, 6.07) is 20.4. The molecule has 5 rings (SSSR count). The van der Waals surface area contributed by atoms with E-state index in [0.29, 0.717) is 33.5 Å². The lowest BCUT2D eigenvalue weighted by Crippen LogP contribution is -2.33. The Kier molecular flexibility index (Phi) is 6.35. The van der Waals surface area contributed by atoms with E-state index in [4.69, 9.17) is 32.7 Å². The van der Waals surface area contributed by atoms with Gasteiger partial charge in [0.1, 0.15) is 11.3 Å². The molecule has 180 valence electrons. The van der Waals surface area contributed by atoms with Gasteiger partial charge in [0, 0.05) is 11.3 Å². The number of oxazole rings is 1. The smallest absolute Gasteiger partial charge is 0.293 e. The molecule has 0 spiro atoms. The van der Waals surface area contributed by atoms with Crippen LogP contribution < -0.4 is 10.6 Å². The fourth-order valence-electron chi connectivity index (χ4n) is 3.76. The predicted molar refractivity (Wildman–Crippen MR) is 146 cm³/mol. The fourth-order valence-corrected chi connectivity index (χ4v) is 4.17. The normalized spacial score (nSPS) is 11.0. The molecule has 0 bridgehead atoms. The Hall–Kier alpha value is -3.94. The van der Waals surface area contributed by atoms with Crippen LogP contribution in [-0.4, -0.2) is 16.0 Å². The molecule has 2 aromatic heterocycles. The number of thiocarbonyl (C=S) groups is 1. The number of carbonyl (C=O) groups excluding carboxylic acids is 1. The number of aryl methyl sites for hydroxylation is 3. The molecule has 0 aliphatic rings. The van der Waals surface area contributed by atoms with Gasteiger partial charge in [-0.1, -0.05) is 29.8 Å². The minimum atomic E-state index is -0.453. The number of anilines is 1. The first-order chi connectivity index (χ1) is 17.3. The van der Waals surface area contributed by atoms with Crippen molar-refractivity contribution in [2.45, 2.75) is 20.8 Å². The molecule has 5 aromatic rings. The number of hydrogen-bond donors (Lipinski definition) is 2. The molecule has 3 aromatic carbocycles. The van der Waals surface area contributed by atoms with E-state index in [9.17, 15) is 4.79 Å². The van der Waals surface area contributed by atoms with Crippen LogP contribution >= 0.6 is 23.8 Å². The third-order valence-corrected chi connectivity index (χ3v) is 6.38. The number of benzene rings is 3. The zero-order chi connectivity index (χ0) is 25.4. The molecule has 0 saturated heterocycles. The average Bonchev–Trinajstić information content (AvgIpc) is 3.49. The van der Waals surface area contributed by atoms with E-state index in [1.807, 2.05) is 57.2 Å². The van der Waals surface area contributed by atoms with Crippen LogP contribution in [0.4, 0.5) is 5.69 Å². The third kappa shape index (κ3) is 4.89. The first-order valence-electron chi connectivity index (χ1n) is 11.2. The summed E-state index contributed by atoms with van der Waals surface area (Å²) in [5.74, 6) is 0.712. The number of carbonyl (C=O) groups is 1. The number of fused-ring (bicyclic) bond motifs is 1. The van der Waals surface area contributed by atoms with Crippen LogP contribution in [0.1, 0.15) is 27.2 Å². The van der Waals surface area contributed by atoms with E-state index in [1.165, 1.54) is 5.56 Å². The SMILES string of the molecule is Cc1ccc2oc(-c3cc(NC(=S)NC(=O)c4ccc(-c5ccc(C)c(C)c5)o4)ccc3Cl)nc2c1. The van der Waals surface area contributed by atoms with Crippen molar-refractivity contribution in [3.63, 3.8) is 0 Å². The first-order valence-corrected chi connectivity index (χ1v) is 12.0. The molecule has 6 nitrogen and oxygen atoms in total. The van der Waals surface area contributed by atoms with Crippen LogP contribution in [0.25, 0.3) is 33.9 Å². The van der Waals surface area contributed by atoms with Gasteiger partial charge in [0.15, 0.2) is 16.5 Å². The van der Waals surface area contributed by atoms with Gasteiger partial charge in [0.25, 0.3) is 5.91 Å². The zero-order valence-corrected chi connectivity index (χ0v) is 21.4. The minimum Gasteiger partial charge on any atom is -0.451 e. The number of furan rings is 1. The first kappa shape index (κ1) is 23.8. The molecule has 36 heavy (non-hydrogen) atoms. The Balaban J connectivity index is 1.29. The number of amides is 1. The summed E-state index contributed by atoms with van der Waals surface area (Å²) in [6.45, 7) is 6.08. The van der Waals surface area contributed by atoms with Gasteiger partial charge in [-0.2, -0.15) is 0 Å². The van der Waals surface area contributed by atoms with Crippen LogP contribution in [0.3, 0.4) is 0 Å². The van der Waals surface area contributed by atoms with E-state index in [1.54, 1.807) is 30.3 Å². The molecule has 0 radical (unpaired) electrons. The van der Waals surface area contributed by atoms with E-state index >= 15 is 0 Å². The van der Waals surface area contributed by atoms with Gasteiger partial charge >= 0.3 is 0 Å². The lowest BCUT2D eigenvalue weighted by molar-refractivity contribution is 0.0951. The standard InChI is InChI=1S/C28H22ClN3O3S/c1-15-4-9-24-22(12-15)31-27(35-24)20-14-19(7-8-21(20)29)30-28(36)32-26(33)25-11-10-23(34-25)18-6-5-16(2)17(3)13-18/h4-14H,1-3H3,(H2,30,32,33,36). The van der Waals surface area contributed by atoms with Crippen LogP contribution in [-0.2, 0) is 0 Å². The lowest BCUT2D eigenvalue weighted by Gasteiger charge is -2.10. The monoisotopic (exact) mass is 515 g/mol. The highest BCUT2D eigenvalue weighted by atomic mass is 35.5. The van der Waals surface area contributed by atoms with Gasteiger partial charge in [0.2, 0.25) is 5.89 Å². The number of halogens is 1. The van der Waals surface area contributed by atoms with E-state index in [2.05, 4.69) is 15.6 Å². The van der Waals surface area contributed by atoms with Crippen molar-refractivity contribution in [3.8, 4) is 22.8 Å². The summed E-state index contributed by atoms with van der Waals surface area (Å²) in [7, 11) is 0. The van der Waals surface area contributed by atoms with Crippen molar-refractivity contribution in [3.05, 3.63) is 94.2 Å². The molecule has 2 heterocycles. The molecule has 8 heteroatoms. The van der Waals surface area contributed by atoms with Gasteiger partial charge in [-0.25, -0.2) is 4.98 Å². The van der Waals surface area contributed by atoms with Crippen LogP contribution in [0.15, 0.2) is 75.6 Å². The van der Waals surface area contributed by atoms with Crippen molar-refractivity contribution in [1.82, 2.24) is 10.3 Å². The number of rotatable bonds is 4. The maximum Gasteiger partial charge on any atom is 0.293 e. The highest BCUT2D eigenvalue weighted by Gasteiger charge is 2.16. The summed E-state index contributed by atoms with van der Waals surface area (Å²) >= 11 is 11.8. The Morgan fingerprint density at radius 3 is 2.56 bits per heavy atom. The fraction of sp³-hybridized carbons (Fsp3) is 0.107. The second-order valence-electron chi connectivity index (χ2n) is 8.56. The van der Waals surface area contributed by atoms with Crippen molar-refractivity contribution in [2.24, 2.45) is 0 Å². The van der Waals surface area contributed by atoms with E-state index < -0.39 is 5.91 Å². The molecule has 0 atom stereocenters. The Morgan fingerprint density at radius 1 is 0.917 bits per heavy atom. The van der Waals surface area contributed by atoms with Gasteiger partial charge in [0.05, 0.1) is 10.6 Å². The second kappa shape index (κ2) is 9.60. The van der Waals surface area contributed by atoms with Crippen LogP contribution in [0.5, 0.6) is 0 Å². The largest absolute Gasteiger partial charge is 0.451 e. The second-order valence-corrected chi connectivity index (χ2v) is 9.37. The Bertz CT molecular complexity index is 1640. The highest BCUT2D eigenvalue weighted by molar-refractivity contribution is 7.80. The van der Waals surface area contributed by atoms with Crippen molar-refractivity contribution in [1.29, 1.82) is 0 Å². The molecule has 0 saturated carbocycles. The molecule has 0 aliphatic carbocycles. The van der Waals surface area contributed by atoms with Crippen LogP contribution in [0, 0.1) is 20.8 Å². The number of aromatic nitrogens is 1. The van der Waals surface area contributed by atoms with Crippen LogP contribution in [0.2, 0.25) is 5.02 Å². The van der Waals surface area contributed by atoms with Gasteiger partial charge in [-0.3, -0.25) is 10.1 Å². The summed E-state index contributed by atoms with van der Waals surface area (Å²) in [6.07, 6.45) is 0. The quantitative estimate of drug-likeness (QED) is 0.242. The molecule has 2 N–H and O–H groups in total. The number of hydrogen-bond acceptors (Lipinski definition) is 5. The minimum absolute atomic E-state index is 0.116. The number of nitrogens with one attached hydrogen (secondary N) is 2. The summed E-state index contributed by atoms with van der Waals surface area (Å²) in [4.78, 5) is 17.3. The van der Waals surface area contributed by atoms with Crippen molar-refractivity contribution in [2.75, 3.05) is 5.32 Å². The maximum absolute atomic E-state index is 12.7. The Morgan fingerprint density at radius 2 is 1.75 bits per heavy atom. The summed E-state index contributed by atoms with van der Waals surface area (Å²) in [5, 5.41) is 6.25. The molecule has 0 fully saturated rings. The average molecular weight is 516 g/mol. The number of nitrogens with zero attached hydrogens (tertiary/aromatic N) is 1. The molecule has 0 aliphatic heterocycles. The van der Waals surface area contributed by atoms with Gasteiger partial charge in [-0.15, -0.1) is 0 Å². The molecule has 0 unspecified atom stereocenters. The maximum atomic E-state index is 12.7. The van der Waals surface area contributed by atoms with Gasteiger partial charge < -0.3 is 14.2 Å².